The Hall–Kier alpha value is -2.50. The average molecular weight is 386 g/mol. The van der Waals surface area contributed by atoms with Crippen molar-refractivity contribution in [2.24, 2.45) is 0 Å². The van der Waals surface area contributed by atoms with E-state index in [-0.39, 0.29) is 24.6 Å². The van der Waals surface area contributed by atoms with Crippen LogP contribution in [0.3, 0.4) is 0 Å². The van der Waals surface area contributed by atoms with Crippen molar-refractivity contribution in [1.29, 1.82) is 0 Å². The predicted molar refractivity (Wildman–Crippen MR) is 111 cm³/mol. The van der Waals surface area contributed by atoms with Gasteiger partial charge in [0.25, 0.3) is 0 Å². The number of hydrogen-bond donors (Lipinski definition) is 2. The van der Waals surface area contributed by atoms with Crippen LogP contribution in [0.1, 0.15) is 50.0 Å². The molecular weight excluding hydrogens is 356 g/mol. The molecule has 2 atom stereocenters. The number of benzene rings is 2. The Bertz CT molecular complexity index is 785. The van der Waals surface area contributed by atoms with Gasteiger partial charge in [-0.2, -0.15) is 0 Å². The quantitative estimate of drug-likeness (QED) is 0.610. The van der Waals surface area contributed by atoms with Crippen LogP contribution in [-0.2, 0) is 11.3 Å². The summed E-state index contributed by atoms with van der Waals surface area (Å²) in [6.45, 7) is 6.28. The third-order valence-electron chi connectivity index (χ3n) is 4.39. The monoisotopic (exact) mass is 386 g/mol. The molecule has 0 heterocycles. The number of aromatic hydroxyl groups is 1. The topological polar surface area (TPSA) is 68.2 Å². The number of aliphatic hydroxyl groups is 1. The fraction of sp³-hybridized carbons (Fsp3) is 0.391. The van der Waals surface area contributed by atoms with Crippen molar-refractivity contribution in [2.75, 3.05) is 13.7 Å². The second-order valence-electron chi connectivity index (χ2n) is 6.57. The lowest BCUT2D eigenvalue weighted by molar-refractivity contribution is -0.0210. The molecule has 2 N–H and O–H groups in total. The Balaban J connectivity index is 2.29. The van der Waals surface area contributed by atoms with Crippen LogP contribution in [-0.4, -0.2) is 30.0 Å². The third-order valence-corrected chi connectivity index (χ3v) is 4.39. The van der Waals surface area contributed by atoms with Crippen molar-refractivity contribution in [3.63, 3.8) is 0 Å². The zero-order chi connectivity index (χ0) is 20.5. The van der Waals surface area contributed by atoms with E-state index < -0.39 is 0 Å². The first-order valence-electron chi connectivity index (χ1n) is 9.55. The molecule has 0 aliphatic carbocycles. The summed E-state index contributed by atoms with van der Waals surface area (Å²) in [4.78, 5) is 0. The molecule has 0 aromatic heterocycles. The third kappa shape index (κ3) is 5.50. The van der Waals surface area contributed by atoms with Crippen molar-refractivity contribution in [1.82, 2.24) is 0 Å². The van der Waals surface area contributed by atoms with Crippen LogP contribution in [0.4, 0.5) is 0 Å². The summed E-state index contributed by atoms with van der Waals surface area (Å²) in [7, 11) is 1.62. The SMILES string of the molecule is C/C=C/c1ccc(OC(C)C(OCCC)c2ccc(O)c(CO)c2)c(OC)c1. The summed E-state index contributed by atoms with van der Waals surface area (Å²) >= 11 is 0. The zero-order valence-corrected chi connectivity index (χ0v) is 17.0. The summed E-state index contributed by atoms with van der Waals surface area (Å²) in [6.07, 6.45) is 4.16. The van der Waals surface area contributed by atoms with Gasteiger partial charge < -0.3 is 24.4 Å². The summed E-state index contributed by atoms with van der Waals surface area (Å²) < 4.78 is 17.7. The standard InChI is InChI=1S/C23H30O5/c1-5-7-17-8-11-21(22(13-17)26-4)28-16(3)23(27-12-6-2)18-9-10-20(25)19(14-18)15-24/h5,7-11,13-14,16,23-25H,6,12,15H2,1-4H3/b7-5+. The normalized spacial score (nSPS) is 13.5. The highest BCUT2D eigenvalue weighted by atomic mass is 16.6. The first kappa shape index (κ1) is 21.8. The molecule has 0 saturated carbocycles. The van der Waals surface area contributed by atoms with Crippen molar-refractivity contribution < 1.29 is 24.4 Å². The van der Waals surface area contributed by atoms with Gasteiger partial charge in [-0.25, -0.2) is 0 Å². The maximum Gasteiger partial charge on any atom is 0.161 e. The average Bonchev–Trinajstić information content (AvgIpc) is 2.70. The van der Waals surface area contributed by atoms with Gasteiger partial charge in [-0.15, -0.1) is 0 Å². The molecule has 2 aromatic rings. The Kier molecular flexibility index (Phi) is 8.36. The van der Waals surface area contributed by atoms with Crippen LogP contribution < -0.4 is 9.47 Å². The van der Waals surface area contributed by atoms with Crippen LogP contribution in [0.5, 0.6) is 17.2 Å². The number of phenols is 1. The van der Waals surface area contributed by atoms with Gasteiger partial charge in [0.15, 0.2) is 11.5 Å². The molecule has 0 aliphatic heterocycles. The molecule has 0 fully saturated rings. The van der Waals surface area contributed by atoms with E-state index in [4.69, 9.17) is 14.2 Å². The molecule has 28 heavy (non-hydrogen) atoms. The minimum Gasteiger partial charge on any atom is -0.508 e. The smallest absolute Gasteiger partial charge is 0.161 e. The second kappa shape index (κ2) is 10.7. The largest absolute Gasteiger partial charge is 0.508 e. The van der Waals surface area contributed by atoms with E-state index in [1.807, 2.05) is 51.1 Å². The van der Waals surface area contributed by atoms with Crippen molar-refractivity contribution in [2.45, 2.75) is 46.0 Å². The van der Waals surface area contributed by atoms with E-state index in [2.05, 4.69) is 0 Å². The number of rotatable bonds is 10. The van der Waals surface area contributed by atoms with Gasteiger partial charge in [-0.05, 0) is 55.7 Å². The van der Waals surface area contributed by atoms with E-state index in [0.29, 0.717) is 23.7 Å². The summed E-state index contributed by atoms with van der Waals surface area (Å²) in [6, 6.07) is 10.9. The van der Waals surface area contributed by atoms with Crippen LogP contribution in [0.15, 0.2) is 42.5 Å². The Morgan fingerprint density at radius 1 is 1.11 bits per heavy atom. The summed E-state index contributed by atoms with van der Waals surface area (Å²) in [5.41, 5.74) is 2.33. The number of allylic oxidation sites excluding steroid dienone is 1. The molecule has 0 amide bonds. The molecule has 2 rings (SSSR count). The molecule has 0 radical (unpaired) electrons. The lowest BCUT2D eigenvalue weighted by Crippen LogP contribution is -2.25. The van der Waals surface area contributed by atoms with Crippen molar-refractivity contribution in [3.8, 4) is 17.2 Å². The van der Waals surface area contributed by atoms with Gasteiger partial charge in [-0.3, -0.25) is 0 Å². The molecule has 5 nitrogen and oxygen atoms in total. The van der Waals surface area contributed by atoms with Crippen molar-refractivity contribution >= 4 is 6.08 Å². The van der Waals surface area contributed by atoms with Crippen molar-refractivity contribution in [3.05, 3.63) is 59.2 Å². The molecule has 0 bridgehead atoms. The fourth-order valence-electron chi connectivity index (χ4n) is 3.00. The van der Waals surface area contributed by atoms with Gasteiger partial charge in [0.1, 0.15) is 18.0 Å². The van der Waals surface area contributed by atoms with E-state index >= 15 is 0 Å². The van der Waals surface area contributed by atoms with E-state index in [0.717, 1.165) is 17.5 Å². The van der Waals surface area contributed by atoms with Gasteiger partial charge in [-0.1, -0.05) is 31.2 Å². The fourth-order valence-corrected chi connectivity index (χ4v) is 3.00. The Labute approximate surface area is 167 Å². The number of ether oxygens (including phenoxy) is 3. The maximum absolute atomic E-state index is 9.85. The number of methoxy groups -OCH3 is 1. The molecule has 152 valence electrons. The van der Waals surface area contributed by atoms with Crippen LogP contribution >= 0.6 is 0 Å². The highest BCUT2D eigenvalue weighted by molar-refractivity contribution is 5.55. The number of aliphatic hydroxyl groups excluding tert-OH is 1. The van der Waals surface area contributed by atoms with Gasteiger partial charge in [0, 0.05) is 12.2 Å². The molecule has 2 aromatic carbocycles. The first-order valence-corrected chi connectivity index (χ1v) is 9.55. The molecule has 0 aliphatic rings. The maximum atomic E-state index is 9.85. The van der Waals surface area contributed by atoms with Gasteiger partial charge in [0.05, 0.1) is 13.7 Å². The predicted octanol–water partition coefficient (Wildman–Crippen LogP) is 4.86. The second-order valence-corrected chi connectivity index (χ2v) is 6.57. The van der Waals surface area contributed by atoms with E-state index in [9.17, 15) is 10.2 Å². The molecule has 0 spiro atoms. The Morgan fingerprint density at radius 2 is 1.89 bits per heavy atom. The number of hydrogen-bond acceptors (Lipinski definition) is 5. The van der Waals surface area contributed by atoms with E-state index in [1.165, 1.54) is 0 Å². The Morgan fingerprint density at radius 3 is 2.54 bits per heavy atom. The van der Waals surface area contributed by atoms with Crippen LogP contribution in [0, 0.1) is 0 Å². The van der Waals surface area contributed by atoms with E-state index in [1.54, 1.807) is 25.3 Å². The van der Waals surface area contributed by atoms with Crippen LogP contribution in [0.2, 0.25) is 0 Å². The molecular formula is C23H30O5. The minimum atomic E-state index is -0.356. The summed E-state index contributed by atoms with van der Waals surface area (Å²) in [5.74, 6) is 1.35. The van der Waals surface area contributed by atoms with Gasteiger partial charge in [0.2, 0.25) is 0 Å². The lowest BCUT2D eigenvalue weighted by Gasteiger charge is -2.27. The van der Waals surface area contributed by atoms with Gasteiger partial charge >= 0.3 is 0 Å². The molecule has 0 saturated heterocycles. The summed E-state index contributed by atoms with van der Waals surface area (Å²) in [5, 5.41) is 19.3. The minimum absolute atomic E-state index is 0.0651. The lowest BCUT2D eigenvalue weighted by atomic mass is 10.0. The highest BCUT2D eigenvalue weighted by Crippen LogP contribution is 2.34. The molecule has 5 heteroatoms. The zero-order valence-electron chi connectivity index (χ0n) is 17.0. The highest BCUT2D eigenvalue weighted by Gasteiger charge is 2.24. The first-order chi connectivity index (χ1) is 13.5. The molecule has 2 unspecified atom stereocenters. The van der Waals surface area contributed by atoms with Crippen LogP contribution in [0.25, 0.3) is 6.08 Å².